The first-order valence-corrected chi connectivity index (χ1v) is 27.2. The molecular weight excluding hydrogens is 1010 g/mol. The van der Waals surface area contributed by atoms with Crippen LogP contribution in [0.15, 0.2) is 30.3 Å². The van der Waals surface area contributed by atoms with Crippen molar-refractivity contribution in [3.63, 3.8) is 0 Å². The Kier molecular flexibility index (Phi) is 28.6. The molecule has 3 rings (SSSR count). The largest absolute Gasteiger partial charge is 0.391 e. The minimum atomic E-state index is -1.66. The summed E-state index contributed by atoms with van der Waals surface area (Å²) in [5.41, 5.74) is 24.2. The Bertz CT molecular complexity index is 2150. The van der Waals surface area contributed by atoms with Crippen molar-refractivity contribution >= 4 is 59.1 Å². The van der Waals surface area contributed by atoms with Crippen molar-refractivity contribution in [2.45, 2.75) is 178 Å². The van der Waals surface area contributed by atoms with E-state index in [4.69, 9.17) is 22.9 Å². The lowest BCUT2D eigenvalue weighted by Crippen LogP contribution is -2.62. The minimum Gasteiger partial charge on any atom is -0.391 e. The lowest BCUT2D eigenvalue weighted by Gasteiger charge is -2.29. The molecule has 0 bridgehead atoms. The first kappa shape index (κ1) is 66.0. The SMILES string of the molecule is CC(C)C[C@@H]1NC(=O)[C@@H](Cc2ccccc2)NC(=O)[C@H](CCN)NC(=O)[C@@H](NC(=O)[C@H](CN)NC(=O)C(NC(=O)CC(C)C2CCCCC2)C(C)O)CCNC(=O)C(C(C)O)NC(=O)[C@H](CCN)NC(=O)[C@H](CCN)NC1=O. The lowest BCUT2D eigenvalue weighted by molar-refractivity contribution is -0.136. The van der Waals surface area contributed by atoms with Crippen molar-refractivity contribution in [1.82, 2.24) is 53.2 Å². The van der Waals surface area contributed by atoms with E-state index in [1.807, 2.05) is 6.92 Å². The van der Waals surface area contributed by atoms with Gasteiger partial charge < -0.3 is 86.3 Å². The average Bonchev–Trinajstić information content (AvgIpc) is 3.39. The topological polar surface area (TPSA) is 436 Å². The number of amides is 10. The summed E-state index contributed by atoms with van der Waals surface area (Å²) in [6.45, 7) is 6.68. The summed E-state index contributed by atoms with van der Waals surface area (Å²) < 4.78 is 0. The summed E-state index contributed by atoms with van der Waals surface area (Å²) in [6, 6.07) is -4.60. The summed E-state index contributed by atoms with van der Waals surface area (Å²) in [4.78, 5) is 139. The second kappa shape index (κ2) is 33.9. The Hall–Kier alpha value is -6.32. The van der Waals surface area contributed by atoms with Crippen LogP contribution in [0.25, 0.3) is 0 Å². The summed E-state index contributed by atoms with van der Waals surface area (Å²) in [7, 11) is 0. The molecule has 2 fully saturated rings. The second-order valence-electron chi connectivity index (χ2n) is 20.9. The van der Waals surface area contributed by atoms with E-state index in [0.29, 0.717) is 11.5 Å². The van der Waals surface area contributed by atoms with E-state index in [1.54, 1.807) is 44.2 Å². The molecule has 1 saturated carbocycles. The first-order chi connectivity index (χ1) is 37.0. The van der Waals surface area contributed by atoms with Crippen LogP contribution in [-0.2, 0) is 54.4 Å². The van der Waals surface area contributed by atoms with Crippen LogP contribution in [0.2, 0.25) is 0 Å². The van der Waals surface area contributed by atoms with E-state index in [9.17, 15) is 58.2 Å². The van der Waals surface area contributed by atoms with Gasteiger partial charge in [0.15, 0.2) is 0 Å². The molecule has 2 aliphatic rings. The number of benzene rings is 1. The Morgan fingerprint density at radius 2 is 1.10 bits per heavy atom. The van der Waals surface area contributed by atoms with E-state index in [0.717, 1.165) is 32.1 Å². The smallest absolute Gasteiger partial charge is 0.245 e. The lowest BCUT2D eigenvalue weighted by atomic mass is 9.79. The number of rotatable bonds is 21. The predicted octanol–water partition coefficient (Wildman–Crippen LogP) is -4.47. The number of nitrogens with two attached hydrogens (primary N) is 4. The summed E-state index contributed by atoms with van der Waals surface area (Å²) in [5, 5.41) is 46.9. The number of aliphatic hydroxyl groups is 2. The molecule has 20 N–H and O–H groups in total. The Balaban J connectivity index is 2.06. The van der Waals surface area contributed by atoms with Crippen LogP contribution < -0.4 is 76.1 Å². The van der Waals surface area contributed by atoms with Crippen LogP contribution in [0.1, 0.15) is 111 Å². The van der Waals surface area contributed by atoms with Crippen LogP contribution in [-0.4, -0.2) is 169 Å². The van der Waals surface area contributed by atoms with Crippen molar-refractivity contribution in [2.75, 3.05) is 32.7 Å². The zero-order valence-corrected chi connectivity index (χ0v) is 45.8. The third-order valence-corrected chi connectivity index (χ3v) is 13.9. The third kappa shape index (κ3) is 21.8. The standard InChI is InChI=1S/C52H88N14O12/c1-28(2)24-38-48(74)60-34(16-20-53)44(70)59-36(18-22-55)47(73)66-42(30(4)67)51(77)57-23-19-37(46(72)58-35(17-21-54)45(71)63-39(49(75)62-38)26-32-12-8-6-9-13-32)61-50(76)40(27-56)64-52(78)43(31(5)68)65-41(69)25-29(3)33-14-10-7-11-15-33/h6,8-9,12-13,28-31,33-40,42-43,67-68H,7,10-11,14-27,53-56H2,1-5H3,(H,57,77)(H,58,72)(H,59,70)(H,60,74)(H,61,76)(H,62,75)(H,63,71)(H,64,78)(H,65,69)(H,66,73)/t29?,30?,31?,34-,35-,36-,37-,38-,39+,40-,42?,43?/m0/s1. The number of hydrogen-bond donors (Lipinski definition) is 16. The highest BCUT2D eigenvalue weighted by atomic mass is 16.3. The maximum atomic E-state index is 14.4. The van der Waals surface area contributed by atoms with Gasteiger partial charge in [0.1, 0.15) is 54.4 Å². The van der Waals surface area contributed by atoms with E-state index < -0.39 is 145 Å². The normalized spacial score (nSPS) is 25.0. The van der Waals surface area contributed by atoms with Crippen molar-refractivity contribution in [2.24, 2.45) is 40.7 Å². The molecule has 1 heterocycles. The highest BCUT2D eigenvalue weighted by molar-refractivity contribution is 5.99. The third-order valence-electron chi connectivity index (χ3n) is 13.9. The van der Waals surface area contributed by atoms with Crippen LogP contribution in [0.4, 0.5) is 0 Å². The molecule has 26 nitrogen and oxygen atoms in total. The number of aliphatic hydroxyl groups excluding tert-OH is 2. The zero-order chi connectivity index (χ0) is 58.1. The van der Waals surface area contributed by atoms with Crippen LogP contribution in [0, 0.1) is 17.8 Å². The Labute approximate surface area is 456 Å². The van der Waals surface area contributed by atoms with Gasteiger partial charge in [-0.25, -0.2) is 0 Å². The molecule has 1 aromatic carbocycles. The molecule has 78 heavy (non-hydrogen) atoms. The maximum Gasteiger partial charge on any atom is 0.245 e. The van der Waals surface area contributed by atoms with Gasteiger partial charge in [0.2, 0.25) is 59.1 Å². The quantitative estimate of drug-likeness (QED) is 0.0552. The molecule has 5 unspecified atom stereocenters. The zero-order valence-electron chi connectivity index (χ0n) is 45.8. The summed E-state index contributed by atoms with van der Waals surface area (Å²) in [6.07, 6.45) is 1.45. The molecule has 10 amide bonds. The first-order valence-electron chi connectivity index (χ1n) is 27.2. The van der Waals surface area contributed by atoms with Gasteiger partial charge in [-0.3, -0.25) is 47.9 Å². The van der Waals surface area contributed by atoms with Crippen LogP contribution in [0.5, 0.6) is 0 Å². The van der Waals surface area contributed by atoms with Crippen LogP contribution >= 0.6 is 0 Å². The number of carbonyl (C=O) groups is 10. The Morgan fingerprint density at radius 3 is 1.62 bits per heavy atom. The predicted molar refractivity (Wildman–Crippen MR) is 288 cm³/mol. The van der Waals surface area contributed by atoms with Gasteiger partial charge in [-0.15, -0.1) is 0 Å². The second-order valence-corrected chi connectivity index (χ2v) is 20.9. The van der Waals surface area contributed by atoms with Gasteiger partial charge in [0.25, 0.3) is 0 Å². The highest BCUT2D eigenvalue weighted by Gasteiger charge is 2.37. The molecule has 12 atom stereocenters. The fourth-order valence-corrected chi connectivity index (χ4v) is 9.37. The minimum absolute atomic E-state index is 0.0137. The average molecular weight is 1100 g/mol. The Morgan fingerprint density at radius 1 is 0.603 bits per heavy atom. The fourth-order valence-electron chi connectivity index (χ4n) is 9.37. The maximum absolute atomic E-state index is 14.4. The monoisotopic (exact) mass is 1100 g/mol. The molecule has 1 aromatic rings. The van der Waals surface area contributed by atoms with Gasteiger partial charge in [-0.2, -0.15) is 0 Å². The fraction of sp³-hybridized carbons (Fsp3) is 0.692. The van der Waals surface area contributed by atoms with Gasteiger partial charge in [0.05, 0.1) is 12.2 Å². The van der Waals surface area contributed by atoms with Crippen molar-refractivity contribution in [3.05, 3.63) is 35.9 Å². The van der Waals surface area contributed by atoms with Gasteiger partial charge in [0, 0.05) is 25.9 Å². The van der Waals surface area contributed by atoms with E-state index >= 15 is 0 Å². The van der Waals surface area contributed by atoms with Gasteiger partial charge >= 0.3 is 0 Å². The molecule has 438 valence electrons. The van der Waals surface area contributed by atoms with Gasteiger partial charge in [-0.1, -0.05) is 83.2 Å². The van der Waals surface area contributed by atoms with Crippen molar-refractivity contribution in [3.8, 4) is 0 Å². The number of nitrogens with one attached hydrogen (secondary N) is 10. The molecule has 0 radical (unpaired) electrons. The van der Waals surface area contributed by atoms with Gasteiger partial charge in [-0.05, 0) is 88.9 Å². The molecule has 26 heteroatoms. The molecular formula is C52H88N14O12. The molecule has 1 aliphatic heterocycles. The van der Waals surface area contributed by atoms with Crippen molar-refractivity contribution in [1.29, 1.82) is 0 Å². The van der Waals surface area contributed by atoms with Crippen LogP contribution in [0.3, 0.4) is 0 Å². The molecule has 1 saturated heterocycles. The molecule has 1 aliphatic carbocycles. The number of hydrogen-bond acceptors (Lipinski definition) is 16. The van der Waals surface area contributed by atoms with E-state index in [-0.39, 0.29) is 70.0 Å². The molecule has 0 aromatic heterocycles. The highest BCUT2D eigenvalue weighted by Crippen LogP contribution is 2.31. The number of carbonyl (C=O) groups excluding carboxylic acids is 10. The van der Waals surface area contributed by atoms with E-state index in [2.05, 4.69) is 53.2 Å². The van der Waals surface area contributed by atoms with Crippen molar-refractivity contribution < 1.29 is 58.2 Å². The molecule has 0 spiro atoms. The summed E-state index contributed by atoms with van der Waals surface area (Å²) in [5.74, 6) is -8.53. The summed E-state index contributed by atoms with van der Waals surface area (Å²) >= 11 is 0. The van der Waals surface area contributed by atoms with E-state index in [1.165, 1.54) is 13.8 Å².